The maximum absolute atomic E-state index is 13.5. The van der Waals surface area contributed by atoms with Crippen LogP contribution >= 0.6 is 0 Å². The molecule has 0 aliphatic rings. The number of nitrogens with two attached hydrogens (primary N) is 1. The monoisotopic (exact) mass is 291 g/mol. The number of rotatable bonds is 3. The first-order valence-electron chi connectivity index (χ1n) is 5.58. The molecule has 1 aromatic heterocycles. The molecule has 8 heteroatoms. The topological polar surface area (TPSA) is 43.8 Å². The Labute approximate surface area is 110 Å². The average Bonchev–Trinajstić information content (AvgIpc) is 2.76. The second-order valence-corrected chi connectivity index (χ2v) is 4.19. The minimum Gasteiger partial charge on any atom is -0.322 e. The van der Waals surface area contributed by atoms with Crippen molar-refractivity contribution in [3.05, 3.63) is 53.4 Å². The molecule has 0 radical (unpaired) electrons. The Morgan fingerprint density at radius 2 is 1.90 bits per heavy atom. The molecule has 0 bridgehead atoms. The summed E-state index contributed by atoms with van der Waals surface area (Å²) < 4.78 is 64.3. The number of alkyl halides is 3. The van der Waals surface area contributed by atoms with Crippen LogP contribution in [0.1, 0.15) is 17.3 Å². The van der Waals surface area contributed by atoms with Gasteiger partial charge in [0.05, 0.1) is 12.6 Å². The van der Waals surface area contributed by atoms with Crippen LogP contribution in [0.25, 0.3) is 0 Å². The molecule has 0 fully saturated rings. The van der Waals surface area contributed by atoms with Crippen LogP contribution in [-0.2, 0) is 12.7 Å². The Hall–Kier alpha value is -1.96. The van der Waals surface area contributed by atoms with E-state index >= 15 is 0 Å². The Bertz CT molecular complexity index is 605. The van der Waals surface area contributed by atoms with Crippen molar-refractivity contribution in [2.45, 2.75) is 18.8 Å². The summed E-state index contributed by atoms with van der Waals surface area (Å²) in [5.74, 6) is -1.60. The van der Waals surface area contributed by atoms with Gasteiger partial charge in [0.2, 0.25) is 0 Å². The van der Waals surface area contributed by atoms with E-state index in [4.69, 9.17) is 5.73 Å². The van der Waals surface area contributed by atoms with Crippen molar-refractivity contribution in [1.82, 2.24) is 9.78 Å². The summed E-state index contributed by atoms with van der Waals surface area (Å²) in [4.78, 5) is 0. The van der Waals surface area contributed by atoms with Gasteiger partial charge in [-0.3, -0.25) is 4.68 Å². The molecular weight excluding hydrogens is 281 g/mol. The smallest absolute Gasteiger partial charge is 0.322 e. The number of halogens is 5. The van der Waals surface area contributed by atoms with Crippen molar-refractivity contribution >= 4 is 0 Å². The molecule has 1 atom stereocenters. The molecule has 2 N–H and O–H groups in total. The fourth-order valence-electron chi connectivity index (χ4n) is 1.72. The predicted molar refractivity (Wildman–Crippen MR) is 60.5 cm³/mol. The first-order chi connectivity index (χ1) is 9.27. The molecule has 20 heavy (non-hydrogen) atoms. The average molecular weight is 291 g/mol. The molecule has 0 aliphatic carbocycles. The second kappa shape index (κ2) is 5.20. The highest BCUT2D eigenvalue weighted by Crippen LogP contribution is 2.27. The highest BCUT2D eigenvalue weighted by Gasteiger charge is 2.33. The van der Waals surface area contributed by atoms with E-state index in [0.717, 1.165) is 29.1 Å². The summed E-state index contributed by atoms with van der Waals surface area (Å²) in [6.45, 7) is -0.154. The molecule has 0 aliphatic heterocycles. The van der Waals surface area contributed by atoms with Crippen molar-refractivity contribution in [3.8, 4) is 0 Å². The molecule has 108 valence electrons. The van der Waals surface area contributed by atoms with Gasteiger partial charge in [-0.05, 0) is 12.1 Å². The fourth-order valence-corrected chi connectivity index (χ4v) is 1.72. The summed E-state index contributed by atoms with van der Waals surface area (Å²) in [7, 11) is 0. The quantitative estimate of drug-likeness (QED) is 0.884. The summed E-state index contributed by atoms with van der Waals surface area (Å²) in [6.07, 6.45) is -3.44. The third kappa shape index (κ3) is 3.13. The molecule has 2 rings (SSSR count). The van der Waals surface area contributed by atoms with E-state index < -0.39 is 29.5 Å². The molecule has 1 heterocycles. The normalized spacial score (nSPS) is 13.5. The lowest BCUT2D eigenvalue weighted by atomic mass is 10.1. The van der Waals surface area contributed by atoms with Gasteiger partial charge in [0.1, 0.15) is 11.6 Å². The van der Waals surface area contributed by atoms with Crippen molar-refractivity contribution in [2.75, 3.05) is 0 Å². The summed E-state index contributed by atoms with van der Waals surface area (Å²) in [6, 6.07) is 2.72. The van der Waals surface area contributed by atoms with Crippen molar-refractivity contribution in [3.63, 3.8) is 0 Å². The van der Waals surface area contributed by atoms with E-state index in [1.807, 2.05) is 0 Å². The molecule has 3 nitrogen and oxygen atoms in total. The van der Waals surface area contributed by atoms with Crippen LogP contribution < -0.4 is 5.73 Å². The van der Waals surface area contributed by atoms with Crippen LogP contribution in [0.4, 0.5) is 22.0 Å². The van der Waals surface area contributed by atoms with Gasteiger partial charge in [0.25, 0.3) is 0 Å². The maximum Gasteiger partial charge on any atom is 0.435 e. The number of hydrogen-bond acceptors (Lipinski definition) is 2. The van der Waals surface area contributed by atoms with Crippen LogP contribution in [0.15, 0.2) is 30.5 Å². The second-order valence-electron chi connectivity index (χ2n) is 4.19. The Morgan fingerprint density at radius 1 is 1.20 bits per heavy atom. The molecule has 0 amide bonds. The zero-order valence-electron chi connectivity index (χ0n) is 10.0. The molecule has 0 spiro atoms. The van der Waals surface area contributed by atoms with E-state index in [9.17, 15) is 22.0 Å². The minimum atomic E-state index is -4.55. The fraction of sp³-hybridized carbons (Fsp3) is 0.250. The molecule has 0 saturated heterocycles. The van der Waals surface area contributed by atoms with Crippen molar-refractivity contribution in [2.24, 2.45) is 5.73 Å². The first-order valence-corrected chi connectivity index (χ1v) is 5.58. The highest BCUT2D eigenvalue weighted by molar-refractivity contribution is 5.21. The van der Waals surface area contributed by atoms with Gasteiger partial charge < -0.3 is 5.73 Å². The van der Waals surface area contributed by atoms with Crippen molar-refractivity contribution in [1.29, 1.82) is 0 Å². The Kier molecular flexibility index (Phi) is 3.76. The van der Waals surface area contributed by atoms with Gasteiger partial charge in [0.15, 0.2) is 5.69 Å². The number of nitrogens with zero attached hydrogens (tertiary/aromatic N) is 2. The first kappa shape index (κ1) is 14.4. The maximum atomic E-state index is 13.5. The summed E-state index contributed by atoms with van der Waals surface area (Å²) >= 11 is 0. The molecular formula is C12H10F5N3. The molecule has 1 aromatic carbocycles. The van der Waals surface area contributed by atoms with Crippen LogP contribution in [0.5, 0.6) is 0 Å². The van der Waals surface area contributed by atoms with E-state index in [-0.39, 0.29) is 12.1 Å². The third-order valence-corrected chi connectivity index (χ3v) is 2.68. The van der Waals surface area contributed by atoms with Crippen LogP contribution in [0.3, 0.4) is 0 Å². The number of aromatic nitrogens is 2. The van der Waals surface area contributed by atoms with Crippen LogP contribution in [0.2, 0.25) is 0 Å². The predicted octanol–water partition coefficient (Wildman–Crippen LogP) is 2.88. The van der Waals surface area contributed by atoms with Gasteiger partial charge in [-0.15, -0.1) is 0 Å². The molecule has 1 unspecified atom stereocenters. The number of hydrogen-bond donors (Lipinski definition) is 1. The number of benzene rings is 1. The SMILES string of the molecule is NC(Cn1ccc(C(F)(F)F)n1)c1ccc(F)cc1F. The lowest BCUT2D eigenvalue weighted by Gasteiger charge is -2.13. The molecule has 2 aromatic rings. The zero-order chi connectivity index (χ0) is 14.9. The summed E-state index contributed by atoms with van der Waals surface area (Å²) in [5.41, 5.74) is 4.65. The summed E-state index contributed by atoms with van der Waals surface area (Å²) in [5, 5.41) is 3.31. The van der Waals surface area contributed by atoms with Gasteiger partial charge in [-0.2, -0.15) is 18.3 Å². The van der Waals surface area contributed by atoms with Gasteiger partial charge >= 0.3 is 6.18 Å². The Morgan fingerprint density at radius 3 is 2.45 bits per heavy atom. The Balaban J connectivity index is 2.15. The van der Waals surface area contributed by atoms with E-state index in [1.165, 1.54) is 0 Å². The van der Waals surface area contributed by atoms with Crippen molar-refractivity contribution < 1.29 is 22.0 Å². The van der Waals surface area contributed by atoms with Crippen LogP contribution in [-0.4, -0.2) is 9.78 Å². The lowest BCUT2D eigenvalue weighted by molar-refractivity contribution is -0.141. The van der Waals surface area contributed by atoms with Crippen LogP contribution in [0, 0.1) is 11.6 Å². The van der Waals surface area contributed by atoms with E-state index in [0.29, 0.717) is 6.07 Å². The zero-order valence-corrected chi connectivity index (χ0v) is 10.0. The highest BCUT2D eigenvalue weighted by atomic mass is 19.4. The van der Waals surface area contributed by atoms with Gasteiger partial charge in [0, 0.05) is 17.8 Å². The largest absolute Gasteiger partial charge is 0.435 e. The third-order valence-electron chi connectivity index (χ3n) is 2.68. The van der Waals surface area contributed by atoms with E-state index in [1.54, 1.807) is 0 Å². The molecule has 0 saturated carbocycles. The van der Waals surface area contributed by atoms with Gasteiger partial charge in [-0.25, -0.2) is 8.78 Å². The minimum absolute atomic E-state index is 0.00968. The lowest BCUT2D eigenvalue weighted by Crippen LogP contribution is -2.20. The van der Waals surface area contributed by atoms with Gasteiger partial charge in [-0.1, -0.05) is 6.07 Å². The van der Waals surface area contributed by atoms with E-state index in [2.05, 4.69) is 5.10 Å². The standard InChI is InChI=1S/C12H10F5N3/c13-7-1-2-8(9(14)5-7)10(18)6-20-4-3-11(19-20)12(15,16)17/h1-5,10H,6,18H2.